The lowest BCUT2D eigenvalue weighted by atomic mass is 10.7. The molecule has 0 saturated heterocycles. The first-order chi connectivity index (χ1) is 4.27. The molecule has 0 radical (unpaired) electrons. The lowest BCUT2D eigenvalue weighted by Crippen LogP contribution is -1.68. The fourth-order valence-corrected chi connectivity index (χ4v) is 0. The highest BCUT2D eigenvalue weighted by atomic mass is 31.2. The molecule has 0 fully saturated rings. The number of aliphatic hydroxyl groups is 2. The second-order valence-corrected chi connectivity index (χ2v) is 2.19. The monoisotopic (exact) mass is 172 g/mol. The molecule has 0 unspecified atom stereocenters. The third-order valence-corrected chi connectivity index (χ3v) is 0.258. The Hall–Kier alpha value is -0.550. The zero-order valence-electron chi connectivity index (χ0n) is 5.17. The van der Waals surface area contributed by atoms with Crippen molar-refractivity contribution in [2.75, 3.05) is 0 Å². The van der Waals surface area contributed by atoms with Gasteiger partial charge in [-0.15, -0.1) is 0 Å². The molecule has 0 amide bonds. The van der Waals surface area contributed by atoms with Crippen LogP contribution in [-0.4, -0.2) is 24.9 Å². The Morgan fingerprint density at radius 3 is 1.40 bits per heavy atom. The number of hydrogen-bond donors (Lipinski definition) is 5. The maximum Gasteiger partial charge on any atom is 0.466 e. The fraction of sp³-hybridized carbons (Fsp3) is 0.333. The van der Waals surface area contributed by atoms with Crippen molar-refractivity contribution in [3.8, 4) is 0 Å². The van der Waals surface area contributed by atoms with Gasteiger partial charge in [-0.1, -0.05) is 0 Å². The zero-order chi connectivity index (χ0) is 8.78. The molecule has 5 N–H and O–H groups in total. The summed E-state index contributed by atoms with van der Waals surface area (Å²) in [5.74, 6) is -0.620. The third-order valence-electron chi connectivity index (χ3n) is 0.258. The molecule has 0 aromatic heterocycles. The maximum absolute atomic E-state index is 8.88. The van der Waals surface area contributed by atoms with Gasteiger partial charge in [0.05, 0.1) is 0 Å². The van der Waals surface area contributed by atoms with E-state index in [0.29, 0.717) is 0 Å². The van der Waals surface area contributed by atoms with Crippen molar-refractivity contribution in [3.63, 3.8) is 0 Å². The molecular weight excluding hydrogens is 163 g/mol. The highest BCUT2D eigenvalue weighted by Crippen LogP contribution is 2.25. The van der Waals surface area contributed by atoms with E-state index in [-0.39, 0.29) is 0 Å². The largest absolute Gasteiger partial charge is 0.481 e. The molecule has 0 spiro atoms. The van der Waals surface area contributed by atoms with E-state index in [0.717, 1.165) is 0 Å². The van der Waals surface area contributed by atoms with E-state index in [1.165, 1.54) is 13.0 Å². The minimum absolute atomic E-state index is 0.620. The van der Waals surface area contributed by atoms with E-state index in [1.807, 2.05) is 0 Å². The van der Waals surface area contributed by atoms with Crippen LogP contribution in [0.2, 0.25) is 0 Å². The van der Waals surface area contributed by atoms with Crippen LogP contribution in [0.15, 0.2) is 12.0 Å². The molecule has 62 valence electrons. The van der Waals surface area contributed by atoms with Crippen molar-refractivity contribution in [3.05, 3.63) is 12.0 Å². The average Bonchev–Trinajstić information content (AvgIpc) is 1.61. The number of allylic oxidation sites excluding steroid dienone is 1. The summed E-state index contributed by atoms with van der Waals surface area (Å²) >= 11 is 0. The van der Waals surface area contributed by atoms with E-state index in [2.05, 4.69) is 0 Å². The average molecular weight is 172 g/mol. The van der Waals surface area contributed by atoms with Crippen molar-refractivity contribution < 1.29 is 29.5 Å². The normalized spacial score (nSPS) is 9.20. The minimum atomic E-state index is -4.64. The number of hydrogen-bond acceptors (Lipinski definition) is 3. The van der Waals surface area contributed by atoms with Crippen LogP contribution in [0.5, 0.6) is 0 Å². The molecule has 0 bridgehead atoms. The Morgan fingerprint density at radius 1 is 1.30 bits per heavy atom. The van der Waals surface area contributed by atoms with Crippen LogP contribution in [0.1, 0.15) is 6.92 Å². The van der Waals surface area contributed by atoms with Gasteiger partial charge in [-0.25, -0.2) is 4.57 Å². The van der Waals surface area contributed by atoms with Gasteiger partial charge in [0.15, 0.2) is 0 Å². The molecular formula is C3H9O6P. The van der Waals surface area contributed by atoms with Crippen molar-refractivity contribution >= 4 is 7.82 Å². The van der Waals surface area contributed by atoms with Gasteiger partial charge in [0.1, 0.15) is 0 Å². The maximum atomic E-state index is 8.88. The Labute approximate surface area is 57.3 Å². The molecule has 0 aromatic carbocycles. The topological polar surface area (TPSA) is 118 Å². The second kappa shape index (κ2) is 5.25. The molecule has 0 aliphatic rings. The Balaban J connectivity index is 0. The van der Waals surface area contributed by atoms with Gasteiger partial charge in [0.25, 0.3) is 5.95 Å². The van der Waals surface area contributed by atoms with Crippen LogP contribution in [0.3, 0.4) is 0 Å². The Bertz CT molecular complexity index is 133. The lowest BCUT2D eigenvalue weighted by molar-refractivity contribution is 0.190. The molecule has 0 aliphatic carbocycles. The highest BCUT2D eigenvalue weighted by Gasteiger charge is 2.00. The van der Waals surface area contributed by atoms with Crippen LogP contribution in [0.4, 0.5) is 0 Å². The van der Waals surface area contributed by atoms with E-state index in [4.69, 9.17) is 29.5 Å². The van der Waals surface area contributed by atoms with Crippen molar-refractivity contribution in [1.29, 1.82) is 0 Å². The number of phosphoric acid groups is 1. The van der Waals surface area contributed by atoms with Gasteiger partial charge in [-0.05, 0) is 13.0 Å². The Kier molecular flexibility index (Phi) is 6.38. The number of aliphatic hydroxyl groups excluding tert-OH is 1. The zero-order valence-corrected chi connectivity index (χ0v) is 6.06. The SMILES string of the molecule is CC=C(O)O.O=P(O)(O)O. The first-order valence-corrected chi connectivity index (χ1v) is 3.66. The smallest absolute Gasteiger partial charge is 0.466 e. The summed E-state index contributed by atoms with van der Waals surface area (Å²) in [6, 6.07) is 0. The van der Waals surface area contributed by atoms with Crippen molar-refractivity contribution in [2.45, 2.75) is 6.92 Å². The molecule has 6 nitrogen and oxygen atoms in total. The summed E-state index contributed by atoms with van der Waals surface area (Å²) in [7, 11) is -4.64. The predicted molar refractivity (Wildman–Crippen MR) is 33.3 cm³/mol. The summed E-state index contributed by atoms with van der Waals surface area (Å²) in [5, 5.41) is 15.6. The fourth-order valence-electron chi connectivity index (χ4n) is 0. The highest BCUT2D eigenvalue weighted by molar-refractivity contribution is 7.45. The summed E-state index contributed by atoms with van der Waals surface area (Å²) in [6.07, 6.45) is 1.19. The standard InChI is InChI=1S/C3H6O2.H3O4P/c1-2-3(4)5;1-5(2,3)4/h2,4-5H,1H3;(H3,1,2,3,4). The summed E-state index contributed by atoms with van der Waals surface area (Å²) in [4.78, 5) is 21.6. The molecule has 0 aromatic rings. The third kappa shape index (κ3) is 147. The van der Waals surface area contributed by atoms with Gasteiger partial charge in [-0.2, -0.15) is 0 Å². The first kappa shape index (κ1) is 12.2. The quantitative estimate of drug-likeness (QED) is 0.260. The van der Waals surface area contributed by atoms with Crippen molar-refractivity contribution in [2.24, 2.45) is 0 Å². The molecule has 0 saturated carbocycles. The predicted octanol–water partition coefficient (Wildman–Crippen LogP) is 0.0351. The molecule has 0 atom stereocenters. The Morgan fingerprint density at radius 2 is 1.40 bits per heavy atom. The lowest BCUT2D eigenvalue weighted by Gasteiger charge is -1.82. The molecule has 0 rings (SSSR count). The molecule has 7 heteroatoms. The van der Waals surface area contributed by atoms with E-state index in [1.54, 1.807) is 0 Å². The first-order valence-electron chi connectivity index (χ1n) is 2.10. The van der Waals surface area contributed by atoms with Gasteiger partial charge >= 0.3 is 7.82 Å². The van der Waals surface area contributed by atoms with Crippen LogP contribution < -0.4 is 0 Å². The van der Waals surface area contributed by atoms with E-state index in [9.17, 15) is 0 Å². The van der Waals surface area contributed by atoms with Gasteiger partial charge < -0.3 is 24.9 Å². The van der Waals surface area contributed by atoms with Gasteiger partial charge in [-0.3, -0.25) is 0 Å². The minimum Gasteiger partial charge on any atom is -0.481 e. The second-order valence-electron chi connectivity index (χ2n) is 1.16. The summed E-state index contributed by atoms with van der Waals surface area (Å²) < 4.78 is 8.88. The number of rotatable bonds is 0. The molecule has 0 aliphatic heterocycles. The summed E-state index contributed by atoms with van der Waals surface area (Å²) in [5.41, 5.74) is 0. The van der Waals surface area contributed by atoms with Crippen LogP contribution in [-0.2, 0) is 4.57 Å². The van der Waals surface area contributed by atoms with Crippen LogP contribution >= 0.6 is 7.82 Å². The van der Waals surface area contributed by atoms with E-state index < -0.39 is 13.8 Å². The summed E-state index contributed by atoms with van der Waals surface area (Å²) in [6.45, 7) is 1.54. The van der Waals surface area contributed by atoms with Gasteiger partial charge in [0, 0.05) is 0 Å². The van der Waals surface area contributed by atoms with E-state index >= 15 is 0 Å². The van der Waals surface area contributed by atoms with Gasteiger partial charge in [0.2, 0.25) is 0 Å². The van der Waals surface area contributed by atoms with Crippen molar-refractivity contribution in [1.82, 2.24) is 0 Å². The van der Waals surface area contributed by atoms with Crippen LogP contribution in [0.25, 0.3) is 0 Å². The van der Waals surface area contributed by atoms with Crippen LogP contribution in [0, 0.1) is 0 Å². The molecule has 10 heavy (non-hydrogen) atoms. The molecule has 0 heterocycles.